The summed E-state index contributed by atoms with van der Waals surface area (Å²) in [6, 6.07) is 132. The van der Waals surface area contributed by atoms with E-state index in [1.165, 1.54) is 0 Å². The molecule has 0 aliphatic carbocycles. The summed E-state index contributed by atoms with van der Waals surface area (Å²) in [6.45, 7) is 6.82. The Hall–Kier alpha value is -18.9. The van der Waals surface area contributed by atoms with E-state index in [1.807, 2.05) is 352 Å². The Bertz CT molecular complexity index is 7980. The molecule has 22 aromatic rings. The number of hydrogen-bond donors (Lipinski definition) is 0. The number of fused-ring (bicyclic) bond motifs is 4. The zero-order valence-electron chi connectivity index (χ0n) is 71.3. The first-order valence-corrected chi connectivity index (χ1v) is 43.2. The first kappa shape index (κ1) is 80.0. The van der Waals surface area contributed by atoms with Gasteiger partial charge in [-0.15, -0.1) is 0 Å². The van der Waals surface area contributed by atoms with Crippen molar-refractivity contribution >= 4 is 44.4 Å². The molecule has 7 heterocycles. The Balaban J connectivity index is 0.778. The molecule has 0 atom stereocenters. The van der Waals surface area contributed by atoms with E-state index in [2.05, 4.69) is 76.7 Å². The maximum absolute atomic E-state index is 11.3. The Morgan fingerprint density at radius 2 is 0.526 bits per heavy atom. The quantitative estimate of drug-likeness (QED) is 0.0643. The standard InChI is InChI=1S/C114H71N19/c1-71(100-117-101(74-32-12-3-13-33-74)119-102(118-100)75-34-14-4-15-35-75)52-58-94-72(2)89-66-84(110-123-103(76-36-16-5-17-37-76)120-104(124-110)77-38-18-6-19-39-77)55-61-95(89)132(94)99-60-54-83(88-51-31-30-50-87(88)70-116)65-93(99)114-130-109(82-48-28-11-29-49-82)129-113(131-114)92-64-73(69-115)53-59-98(92)133-96-62-56-85(111-125-105(78-40-20-7-21-41-78)121-106(126-111)79-42-22-8-23-43-79)67-90(96)91-68-86(57-63-97(91)133)112-127-107(80-44-24-9-25-45-80)122-108(128-112)81-46-26-10-27-47-81/h3-68H,1H2,2H3/b58-52-. The molecule has 0 amide bonds. The van der Waals surface area contributed by atoms with Gasteiger partial charge in [-0.2, -0.15) is 10.5 Å². The summed E-state index contributed by atoms with van der Waals surface area (Å²) >= 11 is 0. The molecule has 0 unspecified atom stereocenters. The highest BCUT2D eigenvalue weighted by Gasteiger charge is 2.28. The van der Waals surface area contributed by atoms with Gasteiger partial charge in [-0.05, 0) is 127 Å². The first-order valence-electron chi connectivity index (χ1n) is 43.2. The number of rotatable bonds is 20. The normalized spacial score (nSPS) is 11.3. The maximum atomic E-state index is 11.3. The maximum Gasteiger partial charge on any atom is 0.166 e. The molecular formula is C114H71N19. The lowest BCUT2D eigenvalue weighted by Gasteiger charge is -2.18. The van der Waals surface area contributed by atoms with Gasteiger partial charge in [0.15, 0.2) is 87.4 Å². The summed E-state index contributed by atoms with van der Waals surface area (Å²) in [5, 5.41) is 24.8. The summed E-state index contributed by atoms with van der Waals surface area (Å²) in [7, 11) is 0. The molecule has 15 aromatic carbocycles. The van der Waals surface area contributed by atoms with Crippen molar-refractivity contribution < 1.29 is 0 Å². The van der Waals surface area contributed by atoms with Crippen LogP contribution in [-0.2, 0) is 0 Å². The molecule has 19 heteroatoms. The summed E-state index contributed by atoms with van der Waals surface area (Å²) in [5.41, 5.74) is 18.5. The Morgan fingerprint density at radius 3 is 0.880 bits per heavy atom. The van der Waals surface area contributed by atoms with E-state index in [0.717, 1.165) is 105 Å². The fourth-order valence-corrected chi connectivity index (χ4v) is 16.9. The van der Waals surface area contributed by atoms with Crippen LogP contribution in [0.25, 0.3) is 226 Å². The Labute approximate surface area is 764 Å². The van der Waals surface area contributed by atoms with E-state index >= 15 is 0 Å². The van der Waals surface area contributed by atoms with Crippen LogP contribution in [0.3, 0.4) is 0 Å². The molecule has 7 aromatic heterocycles. The largest absolute Gasteiger partial charge is 0.309 e. The molecule has 0 aliphatic heterocycles. The van der Waals surface area contributed by atoms with Crippen LogP contribution >= 0.6 is 0 Å². The van der Waals surface area contributed by atoms with Gasteiger partial charge in [-0.25, -0.2) is 74.8 Å². The van der Waals surface area contributed by atoms with Crippen molar-refractivity contribution in [1.82, 2.24) is 83.9 Å². The average molecular weight is 1710 g/mol. The second-order valence-corrected chi connectivity index (χ2v) is 31.8. The lowest BCUT2D eigenvalue weighted by atomic mass is 9.97. The van der Waals surface area contributed by atoms with E-state index in [1.54, 1.807) is 0 Å². The molecule has 0 spiro atoms. The third-order valence-electron chi connectivity index (χ3n) is 23.4. The van der Waals surface area contributed by atoms with Crippen molar-refractivity contribution in [3.05, 3.63) is 429 Å². The van der Waals surface area contributed by atoms with Crippen molar-refractivity contribution in [2.24, 2.45) is 0 Å². The number of allylic oxidation sites excluding steroid dienone is 2. The van der Waals surface area contributed by atoms with E-state index in [4.69, 9.17) is 81.3 Å². The molecule has 0 saturated carbocycles. The Kier molecular flexibility index (Phi) is 21.0. The number of hydrogen-bond acceptors (Lipinski definition) is 17. The summed E-state index contributed by atoms with van der Waals surface area (Å²) in [6.07, 6.45) is 3.99. The van der Waals surface area contributed by atoms with Crippen molar-refractivity contribution in [1.29, 1.82) is 10.5 Å². The molecule has 133 heavy (non-hydrogen) atoms. The van der Waals surface area contributed by atoms with Crippen LogP contribution < -0.4 is 0 Å². The zero-order chi connectivity index (χ0) is 89.2. The SMILES string of the molecule is C=C(/C=C\c1c(C)c2cc(-c3nc(-c4ccccc4)nc(-c4ccccc4)n3)ccc2n1-c1ccc(-c2ccccc2C#N)cc1-c1nc(-c2ccccc2)nc(-c2cc(C#N)ccc2-n2c3ccc(-c4nc(-c5ccccc5)nc(-c5ccccc5)n4)cc3c3cc(-c4nc(-c5ccccc5)nc(-c5ccccc5)n4)ccc32)n1)c1nc(-c2ccccc2)nc(-c2ccccc2)n1. The van der Waals surface area contributed by atoms with Crippen LogP contribution in [0, 0.1) is 29.6 Å². The smallest absolute Gasteiger partial charge is 0.166 e. The van der Waals surface area contributed by atoms with Crippen molar-refractivity contribution in [2.45, 2.75) is 6.92 Å². The second kappa shape index (κ2) is 34.8. The third kappa shape index (κ3) is 15.7. The van der Waals surface area contributed by atoms with Gasteiger partial charge in [0.25, 0.3) is 0 Å². The van der Waals surface area contributed by atoms with Gasteiger partial charge in [0.2, 0.25) is 0 Å². The fourth-order valence-electron chi connectivity index (χ4n) is 16.9. The van der Waals surface area contributed by atoms with Crippen LogP contribution in [0.2, 0.25) is 0 Å². The van der Waals surface area contributed by atoms with Crippen LogP contribution in [0.5, 0.6) is 0 Å². The lowest BCUT2D eigenvalue weighted by molar-refractivity contribution is 1.04. The van der Waals surface area contributed by atoms with Crippen LogP contribution in [-0.4, -0.2) is 83.9 Å². The first-order chi connectivity index (χ1) is 65.6. The number of benzene rings is 15. The van der Waals surface area contributed by atoms with Crippen LogP contribution in [0.4, 0.5) is 0 Å². The van der Waals surface area contributed by atoms with Gasteiger partial charge >= 0.3 is 0 Å². The van der Waals surface area contributed by atoms with Gasteiger partial charge < -0.3 is 9.13 Å². The molecule has 0 bridgehead atoms. The van der Waals surface area contributed by atoms with Crippen molar-refractivity contribution in [2.75, 3.05) is 0 Å². The molecule has 622 valence electrons. The Morgan fingerprint density at radius 1 is 0.248 bits per heavy atom. The van der Waals surface area contributed by atoms with Gasteiger partial charge in [0, 0.05) is 105 Å². The van der Waals surface area contributed by atoms with E-state index in [-0.39, 0.29) is 11.6 Å². The predicted molar refractivity (Wildman–Crippen MR) is 525 cm³/mol. The number of aryl methyl sites for hydroxylation is 1. The summed E-state index contributed by atoms with van der Waals surface area (Å²) < 4.78 is 4.41. The van der Waals surface area contributed by atoms with Crippen LogP contribution in [0.1, 0.15) is 28.2 Å². The second-order valence-electron chi connectivity index (χ2n) is 31.8. The molecule has 0 N–H and O–H groups in total. The molecule has 19 nitrogen and oxygen atoms in total. The summed E-state index contributed by atoms with van der Waals surface area (Å²) in [5.74, 6) is 6.66. The van der Waals surface area contributed by atoms with Crippen LogP contribution in [0.15, 0.2) is 401 Å². The van der Waals surface area contributed by atoms with Gasteiger partial charge in [0.1, 0.15) is 0 Å². The topological polar surface area (TPSA) is 251 Å². The number of aromatic nitrogens is 17. The molecule has 22 rings (SSSR count). The minimum Gasteiger partial charge on any atom is -0.309 e. The van der Waals surface area contributed by atoms with Gasteiger partial charge in [-0.3, -0.25) is 0 Å². The molecule has 0 fully saturated rings. The molecule has 0 aliphatic rings. The minimum atomic E-state index is 0.242. The van der Waals surface area contributed by atoms with Crippen molar-refractivity contribution in [3.8, 4) is 194 Å². The summed E-state index contributed by atoms with van der Waals surface area (Å²) in [4.78, 5) is 78.9. The lowest BCUT2D eigenvalue weighted by Crippen LogP contribution is -2.07. The van der Waals surface area contributed by atoms with Gasteiger partial charge in [0.05, 0.1) is 51.2 Å². The molecular weight excluding hydrogens is 1640 g/mol. The van der Waals surface area contributed by atoms with E-state index < -0.39 is 0 Å². The highest BCUT2D eigenvalue weighted by atomic mass is 15.1. The van der Waals surface area contributed by atoms with Crippen molar-refractivity contribution in [3.63, 3.8) is 0 Å². The average Bonchev–Trinajstić information content (AvgIpc) is 1.57. The zero-order valence-corrected chi connectivity index (χ0v) is 71.3. The highest BCUT2D eigenvalue weighted by Crippen LogP contribution is 2.45. The predicted octanol–water partition coefficient (Wildman–Crippen LogP) is 25.4. The minimum absolute atomic E-state index is 0.242. The number of nitriles is 2. The number of nitrogens with zero attached hydrogens (tertiary/aromatic N) is 19. The fraction of sp³-hybridized carbons (Fsp3) is 0.00877. The molecule has 0 saturated heterocycles. The third-order valence-corrected chi connectivity index (χ3v) is 23.4. The van der Waals surface area contributed by atoms with E-state index in [9.17, 15) is 10.5 Å². The van der Waals surface area contributed by atoms with Gasteiger partial charge in [-0.1, -0.05) is 304 Å². The highest BCUT2D eigenvalue weighted by molar-refractivity contribution is 6.12. The van der Waals surface area contributed by atoms with E-state index in [0.29, 0.717) is 132 Å². The molecule has 0 radical (unpaired) electrons. The monoisotopic (exact) mass is 1710 g/mol.